The van der Waals surface area contributed by atoms with Gasteiger partial charge in [0, 0.05) is 5.56 Å². The molecule has 1 atom stereocenters. The first-order chi connectivity index (χ1) is 10.1. The van der Waals surface area contributed by atoms with Crippen molar-refractivity contribution in [1.29, 1.82) is 0 Å². The van der Waals surface area contributed by atoms with Gasteiger partial charge in [-0.1, -0.05) is 12.1 Å². The molecule has 0 saturated carbocycles. The molecule has 1 N–H and O–H groups in total. The molecule has 0 spiro atoms. The number of aliphatic hydroxyl groups is 1. The average Bonchev–Trinajstić information content (AvgIpc) is 2.79. The average molecular weight is 284 g/mol. The monoisotopic (exact) mass is 284 g/mol. The third-order valence-electron chi connectivity index (χ3n) is 3.36. The summed E-state index contributed by atoms with van der Waals surface area (Å²) in [4.78, 5) is 24.6. The Morgan fingerprint density at radius 2 is 1.81 bits per heavy atom. The number of para-hydroxylation sites is 1. The number of carbonyl (C=O) groups excluding carboxylic acids is 2. The van der Waals surface area contributed by atoms with E-state index in [4.69, 9.17) is 9.47 Å². The fraction of sp³-hybridized carbons (Fsp3) is 0.125. The van der Waals surface area contributed by atoms with Crippen molar-refractivity contribution in [3.63, 3.8) is 0 Å². The summed E-state index contributed by atoms with van der Waals surface area (Å²) >= 11 is 0. The molecular formula is C16H12O5. The first kappa shape index (κ1) is 13.3. The zero-order valence-electron chi connectivity index (χ0n) is 11.2. The van der Waals surface area contributed by atoms with Crippen LogP contribution >= 0.6 is 0 Å². The van der Waals surface area contributed by atoms with Gasteiger partial charge in [0.25, 0.3) is 0 Å². The van der Waals surface area contributed by atoms with Crippen molar-refractivity contribution in [3.8, 4) is 11.5 Å². The first-order valence-electron chi connectivity index (χ1n) is 6.30. The van der Waals surface area contributed by atoms with Crippen LogP contribution < -0.4 is 9.47 Å². The fourth-order valence-corrected chi connectivity index (χ4v) is 2.22. The molecule has 2 aromatic rings. The molecule has 5 nitrogen and oxygen atoms in total. The van der Waals surface area contributed by atoms with Crippen molar-refractivity contribution >= 4 is 11.6 Å². The summed E-state index contributed by atoms with van der Waals surface area (Å²) in [6.45, 7) is 0. The Hall–Kier alpha value is -2.66. The van der Waals surface area contributed by atoms with Crippen LogP contribution in [0.3, 0.4) is 0 Å². The summed E-state index contributed by atoms with van der Waals surface area (Å²) in [6, 6.07) is 12.4. The molecule has 0 radical (unpaired) electrons. The van der Waals surface area contributed by atoms with E-state index in [0.29, 0.717) is 5.75 Å². The number of ether oxygens (including phenoxy) is 2. The molecule has 0 bridgehead atoms. The quantitative estimate of drug-likeness (QED) is 0.687. The lowest BCUT2D eigenvalue weighted by molar-refractivity contribution is -0.0618. The number of carbonyl (C=O) groups is 2. The smallest absolute Gasteiger partial charge is 0.338 e. The van der Waals surface area contributed by atoms with Crippen LogP contribution in [0.5, 0.6) is 11.5 Å². The summed E-state index contributed by atoms with van der Waals surface area (Å²) < 4.78 is 10.2. The van der Waals surface area contributed by atoms with Gasteiger partial charge >= 0.3 is 5.79 Å². The second kappa shape index (κ2) is 4.71. The van der Waals surface area contributed by atoms with Crippen LogP contribution in [0.25, 0.3) is 0 Å². The van der Waals surface area contributed by atoms with Crippen LogP contribution in [-0.4, -0.2) is 29.6 Å². The Labute approximate surface area is 120 Å². The van der Waals surface area contributed by atoms with Crippen LogP contribution in [0.4, 0.5) is 0 Å². The van der Waals surface area contributed by atoms with Crippen molar-refractivity contribution in [3.05, 3.63) is 59.7 Å². The summed E-state index contributed by atoms with van der Waals surface area (Å²) in [6.07, 6.45) is 0. The molecule has 0 aliphatic carbocycles. The second-order valence-electron chi connectivity index (χ2n) is 4.63. The minimum atomic E-state index is -2.50. The summed E-state index contributed by atoms with van der Waals surface area (Å²) in [5.41, 5.74) is 0.362. The maximum Gasteiger partial charge on any atom is 0.338 e. The SMILES string of the molecule is COc1ccc(C(=O)[C@@]2(O)Oc3ccccc3C2=O)cc1. The van der Waals surface area contributed by atoms with Gasteiger partial charge in [-0.3, -0.25) is 9.59 Å². The Kier molecular flexibility index (Phi) is 2.99. The van der Waals surface area contributed by atoms with E-state index in [1.165, 1.54) is 31.4 Å². The number of hydrogen-bond donors (Lipinski definition) is 1. The number of hydrogen-bond acceptors (Lipinski definition) is 5. The standard InChI is InChI=1S/C16H12O5/c1-20-11-8-6-10(7-9-11)14(17)16(19)15(18)12-4-2-3-5-13(12)21-16/h2-9,19H,1H3/t16-/m1/s1. The molecule has 0 fully saturated rings. The van der Waals surface area contributed by atoms with E-state index in [0.717, 1.165) is 0 Å². The molecule has 3 rings (SSSR count). The maximum atomic E-state index is 12.4. The Morgan fingerprint density at radius 1 is 1.14 bits per heavy atom. The van der Waals surface area contributed by atoms with Crippen LogP contribution in [-0.2, 0) is 0 Å². The second-order valence-corrected chi connectivity index (χ2v) is 4.63. The number of methoxy groups -OCH3 is 1. The van der Waals surface area contributed by atoms with Gasteiger partial charge in [-0.05, 0) is 36.4 Å². The zero-order valence-corrected chi connectivity index (χ0v) is 11.2. The van der Waals surface area contributed by atoms with Gasteiger partial charge in [-0.15, -0.1) is 0 Å². The molecule has 5 heteroatoms. The molecule has 0 saturated heterocycles. The van der Waals surface area contributed by atoms with Crippen molar-refractivity contribution in [1.82, 2.24) is 0 Å². The fourth-order valence-electron chi connectivity index (χ4n) is 2.22. The van der Waals surface area contributed by atoms with E-state index in [1.807, 2.05) is 0 Å². The van der Waals surface area contributed by atoms with Gasteiger partial charge in [0.05, 0.1) is 12.7 Å². The molecule has 0 amide bonds. The molecule has 106 valence electrons. The van der Waals surface area contributed by atoms with E-state index in [-0.39, 0.29) is 16.9 Å². The predicted octanol–water partition coefficient (Wildman–Crippen LogP) is 1.84. The third kappa shape index (κ3) is 1.98. The predicted molar refractivity (Wildman–Crippen MR) is 73.7 cm³/mol. The van der Waals surface area contributed by atoms with Crippen molar-refractivity contribution in [2.24, 2.45) is 0 Å². The van der Waals surface area contributed by atoms with Gasteiger partial charge in [-0.2, -0.15) is 0 Å². The highest BCUT2D eigenvalue weighted by Crippen LogP contribution is 2.35. The van der Waals surface area contributed by atoms with E-state index < -0.39 is 17.4 Å². The summed E-state index contributed by atoms with van der Waals surface area (Å²) in [7, 11) is 1.50. The normalized spacial score (nSPS) is 19.8. The Balaban J connectivity index is 1.96. The number of fused-ring (bicyclic) bond motifs is 1. The summed E-state index contributed by atoms with van der Waals surface area (Å²) in [5.74, 6) is -3.28. The van der Waals surface area contributed by atoms with Crippen LogP contribution in [0, 0.1) is 0 Å². The lowest BCUT2D eigenvalue weighted by Gasteiger charge is -2.18. The van der Waals surface area contributed by atoms with Gasteiger partial charge in [0.2, 0.25) is 11.6 Å². The van der Waals surface area contributed by atoms with Gasteiger partial charge in [0.15, 0.2) is 0 Å². The van der Waals surface area contributed by atoms with Crippen LogP contribution in [0.1, 0.15) is 20.7 Å². The van der Waals surface area contributed by atoms with Crippen LogP contribution in [0.15, 0.2) is 48.5 Å². The minimum absolute atomic E-state index is 0.166. The highest BCUT2D eigenvalue weighted by Gasteiger charge is 2.53. The molecule has 1 aliphatic heterocycles. The van der Waals surface area contributed by atoms with Crippen molar-refractivity contribution < 1.29 is 24.2 Å². The first-order valence-corrected chi connectivity index (χ1v) is 6.30. The van der Waals surface area contributed by atoms with E-state index >= 15 is 0 Å². The van der Waals surface area contributed by atoms with E-state index in [1.54, 1.807) is 24.3 Å². The minimum Gasteiger partial charge on any atom is -0.497 e. The Bertz CT molecular complexity index is 720. The van der Waals surface area contributed by atoms with Gasteiger partial charge in [-0.25, -0.2) is 0 Å². The van der Waals surface area contributed by atoms with Crippen molar-refractivity contribution in [2.75, 3.05) is 7.11 Å². The Morgan fingerprint density at radius 3 is 2.43 bits per heavy atom. The third-order valence-corrected chi connectivity index (χ3v) is 3.36. The van der Waals surface area contributed by atoms with Gasteiger partial charge in [0.1, 0.15) is 11.5 Å². The number of benzene rings is 2. The highest BCUT2D eigenvalue weighted by atomic mass is 16.6. The number of rotatable bonds is 3. The summed E-state index contributed by atoms with van der Waals surface area (Å²) in [5, 5.41) is 10.4. The molecule has 1 heterocycles. The number of Topliss-reactive ketones (excluding diaryl/α,β-unsaturated/α-hetero) is 2. The van der Waals surface area contributed by atoms with E-state index in [2.05, 4.69) is 0 Å². The largest absolute Gasteiger partial charge is 0.497 e. The molecule has 1 aliphatic rings. The number of ketones is 2. The highest BCUT2D eigenvalue weighted by molar-refractivity contribution is 6.23. The zero-order chi connectivity index (χ0) is 15.0. The lowest BCUT2D eigenvalue weighted by Crippen LogP contribution is -2.48. The molecule has 0 unspecified atom stereocenters. The molecule has 21 heavy (non-hydrogen) atoms. The lowest BCUT2D eigenvalue weighted by atomic mass is 9.97. The molecule has 2 aromatic carbocycles. The van der Waals surface area contributed by atoms with Gasteiger partial charge < -0.3 is 14.6 Å². The van der Waals surface area contributed by atoms with Crippen molar-refractivity contribution in [2.45, 2.75) is 5.79 Å². The van der Waals surface area contributed by atoms with E-state index in [9.17, 15) is 14.7 Å². The molecular weight excluding hydrogens is 272 g/mol. The maximum absolute atomic E-state index is 12.4. The van der Waals surface area contributed by atoms with Crippen LogP contribution in [0.2, 0.25) is 0 Å². The topological polar surface area (TPSA) is 72.8 Å². The molecule has 0 aromatic heterocycles.